The Balaban J connectivity index is 0.00000160. The molecule has 8 nitrogen and oxygen atoms in total. The first-order valence-corrected chi connectivity index (χ1v) is 16.8. The fraction of sp³-hybridized carbons (Fsp3) is 0.447. The van der Waals surface area contributed by atoms with Gasteiger partial charge in [0.25, 0.3) is 12.4 Å². The first kappa shape index (κ1) is 36.0. The predicted octanol–water partition coefficient (Wildman–Crippen LogP) is 7.42. The maximum atomic E-state index is 14.0. The summed E-state index contributed by atoms with van der Waals surface area (Å²) in [4.78, 5) is 41.4. The first-order valence-electron chi connectivity index (χ1n) is 16.5. The number of halogens is 1. The fourth-order valence-electron chi connectivity index (χ4n) is 6.56. The minimum atomic E-state index is -0.563. The smallest absolute Gasteiger partial charge is 0.410 e. The van der Waals surface area contributed by atoms with E-state index in [-0.39, 0.29) is 24.5 Å². The number of carbonyl (C=O) groups excluding carboxylic acids is 2. The molecule has 2 amide bonds. The van der Waals surface area contributed by atoms with E-state index in [0.717, 1.165) is 25.2 Å². The zero-order valence-electron chi connectivity index (χ0n) is 28.0. The monoisotopic (exact) mass is 661 g/mol. The number of hydrogen-bond donors (Lipinski definition) is 1. The summed E-state index contributed by atoms with van der Waals surface area (Å²) in [5.74, 6) is 0.543. The van der Waals surface area contributed by atoms with Crippen LogP contribution >= 0.6 is 11.6 Å². The molecular weight excluding hydrogens is 614 g/mol. The molecule has 9 heteroatoms. The second kappa shape index (κ2) is 16.8. The van der Waals surface area contributed by atoms with E-state index in [9.17, 15) is 9.59 Å². The molecule has 0 saturated carbocycles. The minimum Gasteiger partial charge on any atom is -0.483 e. The highest BCUT2D eigenvalue weighted by Crippen LogP contribution is 2.30. The molecule has 0 radical (unpaired) electrons. The molecule has 0 bridgehead atoms. The van der Waals surface area contributed by atoms with Crippen molar-refractivity contribution in [2.75, 3.05) is 32.7 Å². The van der Waals surface area contributed by atoms with Gasteiger partial charge in [0.15, 0.2) is 0 Å². The summed E-state index contributed by atoms with van der Waals surface area (Å²) in [7, 11) is 0. The summed E-state index contributed by atoms with van der Waals surface area (Å²) in [6.07, 6.45) is 3.44. The summed E-state index contributed by atoms with van der Waals surface area (Å²) in [6, 6.07) is 24.5. The van der Waals surface area contributed by atoms with Crippen LogP contribution in [0.5, 0.6) is 0 Å². The SMILES string of the molecule is Cc1ccccc1C1CCCN(Cc2ccc(C(=O)N(CCc3ccccc3Cl)[C@H]3CCN(C(=O)OC(C)(C)C)C3)cc2)C1.O=CO. The molecule has 2 fully saturated rings. The van der Waals surface area contributed by atoms with E-state index in [1.54, 1.807) is 4.90 Å². The zero-order chi connectivity index (χ0) is 34.0. The van der Waals surface area contributed by atoms with Crippen molar-refractivity contribution < 1.29 is 24.2 Å². The summed E-state index contributed by atoms with van der Waals surface area (Å²) in [5.41, 5.74) is 5.16. The Bertz CT molecular complexity index is 1490. The van der Waals surface area contributed by atoms with E-state index in [2.05, 4.69) is 48.2 Å². The second-order valence-electron chi connectivity index (χ2n) is 13.4. The maximum absolute atomic E-state index is 14.0. The van der Waals surface area contributed by atoms with Crippen molar-refractivity contribution in [2.45, 2.75) is 77.5 Å². The van der Waals surface area contributed by atoms with Gasteiger partial charge in [-0.15, -0.1) is 0 Å². The van der Waals surface area contributed by atoms with Crippen LogP contribution < -0.4 is 0 Å². The standard InChI is InChI=1S/C37H46ClN3O3.CH2O2/c1-27-10-5-7-13-33(27)31-12-9-21-39(25-31)24-28-15-17-30(18-16-28)35(42)41(23-19-29-11-6-8-14-34(29)38)32-20-22-40(26-32)36(43)44-37(2,3)4;2-1-3/h5-8,10-11,13-18,31-32H,9,12,19-26H2,1-4H3;1H,(H,2,3)/t31?,32-;/m0./s1. The van der Waals surface area contributed by atoms with Crippen molar-refractivity contribution in [3.63, 3.8) is 0 Å². The van der Waals surface area contributed by atoms with Crippen molar-refractivity contribution in [1.29, 1.82) is 0 Å². The van der Waals surface area contributed by atoms with Crippen molar-refractivity contribution in [3.8, 4) is 0 Å². The second-order valence-corrected chi connectivity index (χ2v) is 13.8. The number of nitrogens with zero attached hydrogens (tertiary/aromatic N) is 3. The van der Waals surface area contributed by atoms with E-state index in [0.29, 0.717) is 49.0 Å². The maximum Gasteiger partial charge on any atom is 0.410 e. The van der Waals surface area contributed by atoms with Crippen LogP contribution in [0.2, 0.25) is 5.02 Å². The van der Waals surface area contributed by atoms with Gasteiger partial charge >= 0.3 is 6.09 Å². The van der Waals surface area contributed by atoms with Gasteiger partial charge in [0.1, 0.15) is 5.60 Å². The molecular formula is C38H48ClN3O5. The molecule has 3 aromatic carbocycles. The Labute approximate surface area is 284 Å². The largest absolute Gasteiger partial charge is 0.483 e. The topological polar surface area (TPSA) is 90.4 Å². The van der Waals surface area contributed by atoms with E-state index in [4.69, 9.17) is 26.2 Å². The molecule has 2 heterocycles. The number of carbonyl (C=O) groups is 3. The summed E-state index contributed by atoms with van der Waals surface area (Å²) in [5, 5.41) is 7.59. The molecule has 3 aromatic rings. The number of carboxylic acid groups (broad SMARTS) is 1. The average Bonchev–Trinajstić information content (AvgIpc) is 3.53. The Morgan fingerprint density at radius 1 is 0.979 bits per heavy atom. The zero-order valence-corrected chi connectivity index (χ0v) is 28.8. The normalized spacial score (nSPS) is 18.2. The van der Waals surface area contributed by atoms with Gasteiger partial charge in [-0.2, -0.15) is 0 Å². The summed E-state index contributed by atoms with van der Waals surface area (Å²) in [6.45, 7) is 12.1. The Morgan fingerprint density at radius 2 is 1.66 bits per heavy atom. The van der Waals surface area contributed by atoms with Crippen LogP contribution in [0.1, 0.15) is 78.6 Å². The fourth-order valence-corrected chi connectivity index (χ4v) is 6.79. The lowest BCUT2D eigenvalue weighted by Crippen LogP contribution is -2.44. The van der Waals surface area contributed by atoms with Crippen molar-refractivity contribution in [2.24, 2.45) is 0 Å². The van der Waals surface area contributed by atoms with Crippen LogP contribution in [0, 0.1) is 6.92 Å². The number of ether oxygens (including phenoxy) is 1. The average molecular weight is 662 g/mol. The summed E-state index contributed by atoms with van der Waals surface area (Å²) >= 11 is 6.46. The van der Waals surface area contributed by atoms with Gasteiger partial charge in [-0.3, -0.25) is 14.5 Å². The molecule has 47 heavy (non-hydrogen) atoms. The van der Waals surface area contributed by atoms with Crippen LogP contribution in [0.15, 0.2) is 72.8 Å². The number of hydrogen-bond acceptors (Lipinski definition) is 5. The van der Waals surface area contributed by atoms with Gasteiger partial charge in [0.2, 0.25) is 0 Å². The molecule has 252 valence electrons. The number of piperidine rings is 1. The molecule has 0 aliphatic carbocycles. The van der Waals surface area contributed by atoms with Gasteiger partial charge in [-0.25, -0.2) is 4.79 Å². The third-order valence-electron chi connectivity index (χ3n) is 8.84. The van der Waals surface area contributed by atoms with E-state index in [1.165, 1.54) is 29.5 Å². The molecule has 2 atom stereocenters. The summed E-state index contributed by atoms with van der Waals surface area (Å²) < 4.78 is 5.61. The van der Waals surface area contributed by atoms with Crippen LogP contribution in [0.25, 0.3) is 0 Å². The van der Waals surface area contributed by atoms with Crippen LogP contribution in [-0.2, 0) is 22.5 Å². The molecule has 5 rings (SSSR count). The number of rotatable bonds is 8. The van der Waals surface area contributed by atoms with Gasteiger partial charge in [-0.05, 0) is 106 Å². The van der Waals surface area contributed by atoms with Gasteiger partial charge < -0.3 is 19.6 Å². The highest BCUT2D eigenvalue weighted by molar-refractivity contribution is 6.31. The van der Waals surface area contributed by atoms with Gasteiger partial charge in [0.05, 0.1) is 6.04 Å². The molecule has 0 spiro atoms. The number of likely N-dealkylation sites (tertiary alicyclic amines) is 2. The van der Waals surface area contributed by atoms with Crippen molar-refractivity contribution in [3.05, 3.63) is 106 Å². The van der Waals surface area contributed by atoms with Crippen LogP contribution in [0.4, 0.5) is 4.79 Å². The molecule has 2 aliphatic rings. The first-order chi connectivity index (χ1) is 22.5. The third kappa shape index (κ3) is 10.3. The number of benzene rings is 3. The Hall–Kier alpha value is -3.88. The van der Waals surface area contributed by atoms with Gasteiger partial charge in [0, 0.05) is 43.3 Å². The lowest BCUT2D eigenvalue weighted by Gasteiger charge is -2.33. The third-order valence-corrected chi connectivity index (χ3v) is 9.21. The minimum absolute atomic E-state index is 0.0165. The highest BCUT2D eigenvalue weighted by Gasteiger charge is 2.35. The molecule has 2 saturated heterocycles. The molecule has 2 aliphatic heterocycles. The quantitative estimate of drug-likeness (QED) is 0.253. The Morgan fingerprint density at radius 3 is 2.34 bits per heavy atom. The predicted molar refractivity (Wildman–Crippen MR) is 186 cm³/mol. The number of aryl methyl sites for hydroxylation is 1. The van der Waals surface area contributed by atoms with Crippen molar-refractivity contribution >= 4 is 30.1 Å². The lowest BCUT2D eigenvalue weighted by molar-refractivity contribution is -0.122. The molecule has 1 unspecified atom stereocenters. The lowest BCUT2D eigenvalue weighted by atomic mass is 9.88. The molecule has 0 aromatic heterocycles. The molecule has 1 N–H and O–H groups in total. The van der Waals surface area contributed by atoms with E-state index >= 15 is 0 Å². The Kier molecular flexibility index (Phi) is 12.9. The van der Waals surface area contributed by atoms with E-state index in [1.807, 2.05) is 62.1 Å². The van der Waals surface area contributed by atoms with Gasteiger partial charge in [-0.1, -0.05) is 66.2 Å². The number of amides is 2. The van der Waals surface area contributed by atoms with Crippen molar-refractivity contribution in [1.82, 2.24) is 14.7 Å². The van der Waals surface area contributed by atoms with E-state index < -0.39 is 5.60 Å². The van der Waals surface area contributed by atoms with Crippen LogP contribution in [-0.4, -0.2) is 82.6 Å². The highest BCUT2D eigenvalue weighted by atomic mass is 35.5. The van der Waals surface area contributed by atoms with Crippen LogP contribution in [0.3, 0.4) is 0 Å².